The predicted octanol–water partition coefficient (Wildman–Crippen LogP) is 2.33. The van der Waals surface area contributed by atoms with Crippen LogP contribution in [0, 0.1) is 5.82 Å². The van der Waals surface area contributed by atoms with Crippen LogP contribution >= 0.6 is 0 Å². The highest BCUT2D eigenvalue weighted by Crippen LogP contribution is 2.41. The summed E-state index contributed by atoms with van der Waals surface area (Å²) < 4.78 is 29.3. The minimum absolute atomic E-state index is 0.0760. The van der Waals surface area contributed by atoms with Gasteiger partial charge in [0, 0.05) is 5.56 Å². The first-order valence-electron chi connectivity index (χ1n) is 6.74. The molecule has 6 nitrogen and oxygen atoms in total. The van der Waals surface area contributed by atoms with Crippen molar-refractivity contribution in [2.45, 2.75) is 0 Å². The van der Waals surface area contributed by atoms with Gasteiger partial charge >= 0.3 is 0 Å². The van der Waals surface area contributed by atoms with Crippen LogP contribution in [0.3, 0.4) is 0 Å². The molecule has 1 amide bonds. The molecule has 0 aromatic heterocycles. The number of ether oxygens (including phenoxy) is 3. The Morgan fingerprint density at radius 2 is 2.17 bits per heavy atom. The van der Waals surface area contributed by atoms with E-state index < -0.39 is 11.7 Å². The highest BCUT2D eigenvalue weighted by Gasteiger charge is 2.19. The largest absolute Gasteiger partial charge is 0.493 e. The first-order valence-corrected chi connectivity index (χ1v) is 6.74. The van der Waals surface area contributed by atoms with Gasteiger partial charge in [-0.25, -0.2) is 9.82 Å². The lowest BCUT2D eigenvalue weighted by Gasteiger charge is -2.05. The van der Waals surface area contributed by atoms with E-state index in [1.807, 2.05) is 0 Å². The zero-order chi connectivity index (χ0) is 16.2. The third-order valence-corrected chi connectivity index (χ3v) is 3.18. The smallest absolute Gasteiger partial charge is 0.274 e. The minimum atomic E-state index is -0.632. The van der Waals surface area contributed by atoms with Crippen molar-refractivity contribution in [2.75, 3.05) is 13.9 Å². The van der Waals surface area contributed by atoms with Crippen molar-refractivity contribution in [3.8, 4) is 17.2 Å². The summed E-state index contributed by atoms with van der Waals surface area (Å²) in [6.45, 7) is 0.121. The van der Waals surface area contributed by atoms with E-state index in [4.69, 9.17) is 14.2 Å². The van der Waals surface area contributed by atoms with Crippen LogP contribution in [0.5, 0.6) is 17.2 Å². The molecule has 0 aliphatic carbocycles. The summed E-state index contributed by atoms with van der Waals surface area (Å²) in [4.78, 5) is 11.8. The lowest BCUT2D eigenvalue weighted by Crippen LogP contribution is -2.18. The van der Waals surface area contributed by atoms with Gasteiger partial charge < -0.3 is 14.2 Å². The van der Waals surface area contributed by atoms with E-state index >= 15 is 0 Å². The number of halogens is 1. The summed E-state index contributed by atoms with van der Waals surface area (Å²) in [5, 5.41) is 3.82. The standard InChI is InChI=1S/C16H13FN2O4/c1-21-13-6-10(7-14-15(13)23-9-22-14)8-18-19-16(20)11-4-2-3-5-12(11)17/h2-8H,9H2,1H3,(H,19,20)/b18-8-. The van der Waals surface area contributed by atoms with Crippen molar-refractivity contribution in [3.63, 3.8) is 0 Å². The Morgan fingerprint density at radius 3 is 2.96 bits per heavy atom. The Bertz CT molecular complexity index is 777. The molecule has 1 aliphatic rings. The van der Waals surface area contributed by atoms with Crippen LogP contribution in [0.4, 0.5) is 4.39 Å². The SMILES string of the molecule is COc1cc(/C=N\NC(=O)c2ccccc2F)cc2c1OCO2. The molecule has 0 atom stereocenters. The summed E-state index contributed by atoms with van der Waals surface area (Å²) in [7, 11) is 1.51. The van der Waals surface area contributed by atoms with Crippen molar-refractivity contribution in [1.29, 1.82) is 0 Å². The maximum absolute atomic E-state index is 13.5. The van der Waals surface area contributed by atoms with Crippen LogP contribution in [-0.2, 0) is 0 Å². The molecule has 0 radical (unpaired) electrons. The fourth-order valence-corrected chi connectivity index (χ4v) is 2.10. The van der Waals surface area contributed by atoms with Gasteiger partial charge in [0.1, 0.15) is 5.82 Å². The fraction of sp³-hybridized carbons (Fsp3) is 0.125. The molecule has 7 heteroatoms. The van der Waals surface area contributed by atoms with Crippen molar-refractivity contribution >= 4 is 12.1 Å². The molecule has 1 N–H and O–H groups in total. The first-order chi connectivity index (χ1) is 11.2. The molecular weight excluding hydrogens is 303 g/mol. The van der Waals surface area contributed by atoms with E-state index in [2.05, 4.69) is 10.5 Å². The van der Waals surface area contributed by atoms with Crippen LogP contribution in [0.2, 0.25) is 0 Å². The molecule has 0 saturated carbocycles. The number of hydrazone groups is 1. The minimum Gasteiger partial charge on any atom is -0.493 e. The van der Waals surface area contributed by atoms with Gasteiger partial charge in [0.15, 0.2) is 11.5 Å². The maximum atomic E-state index is 13.5. The Kier molecular flexibility index (Phi) is 4.09. The average Bonchev–Trinajstić information content (AvgIpc) is 3.03. The number of benzene rings is 2. The number of hydrogen-bond donors (Lipinski definition) is 1. The third kappa shape index (κ3) is 3.08. The summed E-state index contributed by atoms with van der Waals surface area (Å²) in [6, 6.07) is 9.06. The highest BCUT2D eigenvalue weighted by atomic mass is 19.1. The zero-order valence-electron chi connectivity index (χ0n) is 12.2. The normalized spacial score (nSPS) is 12.4. The van der Waals surface area contributed by atoms with Crippen LogP contribution in [0.1, 0.15) is 15.9 Å². The van der Waals surface area contributed by atoms with Crippen molar-refractivity contribution in [2.24, 2.45) is 5.10 Å². The van der Waals surface area contributed by atoms with Gasteiger partial charge in [-0.1, -0.05) is 12.1 Å². The van der Waals surface area contributed by atoms with E-state index in [1.54, 1.807) is 18.2 Å². The Morgan fingerprint density at radius 1 is 1.35 bits per heavy atom. The molecule has 0 saturated heterocycles. The first kappa shape index (κ1) is 14.8. The van der Waals surface area contributed by atoms with Gasteiger partial charge in [0.2, 0.25) is 12.5 Å². The van der Waals surface area contributed by atoms with Crippen molar-refractivity contribution in [3.05, 3.63) is 53.3 Å². The lowest BCUT2D eigenvalue weighted by molar-refractivity contribution is 0.0951. The number of hydrogen-bond acceptors (Lipinski definition) is 5. The highest BCUT2D eigenvalue weighted by molar-refractivity contribution is 5.95. The van der Waals surface area contributed by atoms with Gasteiger partial charge in [-0.05, 0) is 24.3 Å². The molecule has 3 rings (SSSR count). The third-order valence-electron chi connectivity index (χ3n) is 3.18. The molecular formula is C16H13FN2O4. The number of fused-ring (bicyclic) bond motifs is 1. The second-order valence-corrected chi connectivity index (χ2v) is 4.64. The Hall–Kier alpha value is -3.09. The second-order valence-electron chi connectivity index (χ2n) is 4.64. The van der Waals surface area contributed by atoms with Gasteiger partial charge in [0.25, 0.3) is 5.91 Å². The zero-order valence-corrected chi connectivity index (χ0v) is 12.2. The van der Waals surface area contributed by atoms with Crippen molar-refractivity contribution in [1.82, 2.24) is 5.43 Å². The summed E-state index contributed by atoms with van der Waals surface area (Å²) >= 11 is 0. The fourth-order valence-electron chi connectivity index (χ4n) is 2.10. The molecule has 0 bridgehead atoms. The van der Waals surface area contributed by atoms with Gasteiger partial charge in [-0.3, -0.25) is 4.79 Å². The second kappa shape index (κ2) is 6.35. The monoisotopic (exact) mass is 316 g/mol. The molecule has 2 aromatic carbocycles. The van der Waals surface area contributed by atoms with Gasteiger partial charge in [-0.15, -0.1) is 0 Å². The van der Waals surface area contributed by atoms with Crippen LogP contribution in [-0.4, -0.2) is 26.0 Å². The number of methoxy groups -OCH3 is 1. The van der Waals surface area contributed by atoms with E-state index in [9.17, 15) is 9.18 Å². The number of nitrogens with zero attached hydrogens (tertiary/aromatic N) is 1. The quantitative estimate of drug-likeness (QED) is 0.694. The molecule has 0 unspecified atom stereocenters. The maximum Gasteiger partial charge on any atom is 0.274 e. The molecule has 1 aliphatic heterocycles. The Balaban J connectivity index is 1.74. The molecule has 1 heterocycles. The number of nitrogens with one attached hydrogen (secondary N) is 1. The average molecular weight is 316 g/mol. The van der Waals surface area contributed by atoms with Crippen LogP contribution < -0.4 is 19.6 Å². The number of amides is 1. The Labute approximate surface area is 131 Å². The van der Waals surface area contributed by atoms with E-state index in [0.717, 1.165) is 0 Å². The topological polar surface area (TPSA) is 69.2 Å². The molecule has 0 fully saturated rings. The van der Waals surface area contributed by atoms with Crippen molar-refractivity contribution < 1.29 is 23.4 Å². The molecule has 2 aromatic rings. The molecule has 23 heavy (non-hydrogen) atoms. The lowest BCUT2D eigenvalue weighted by atomic mass is 10.2. The van der Waals surface area contributed by atoms with E-state index in [0.29, 0.717) is 22.8 Å². The van der Waals surface area contributed by atoms with E-state index in [1.165, 1.54) is 31.5 Å². The number of carbonyl (C=O) groups is 1. The molecule has 118 valence electrons. The number of carbonyl (C=O) groups excluding carboxylic acids is 1. The van der Waals surface area contributed by atoms with Gasteiger partial charge in [0.05, 0.1) is 18.9 Å². The summed E-state index contributed by atoms with van der Waals surface area (Å²) in [5.41, 5.74) is 2.83. The number of rotatable bonds is 4. The predicted molar refractivity (Wildman–Crippen MR) is 80.6 cm³/mol. The van der Waals surface area contributed by atoms with E-state index in [-0.39, 0.29) is 12.4 Å². The summed E-state index contributed by atoms with van der Waals surface area (Å²) in [5.74, 6) is 0.324. The summed E-state index contributed by atoms with van der Waals surface area (Å²) in [6.07, 6.45) is 1.41. The van der Waals surface area contributed by atoms with Crippen LogP contribution in [0.25, 0.3) is 0 Å². The molecule has 0 spiro atoms. The van der Waals surface area contributed by atoms with Gasteiger partial charge in [-0.2, -0.15) is 5.10 Å². The van der Waals surface area contributed by atoms with Crippen LogP contribution in [0.15, 0.2) is 41.5 Å².